The van der Waals surface area contributed by atoms with Crippen LogP contribution in [0.25, 0.3) is 0 Å². The summed E-state index contributed by atoms with van der Waals surface area (Å²) in [5, 5.41) is 10.8. The van der Waals surface area contributed by atoms with Crippen molar-refractivity contribution in [2.75, 3.05) is 7.05 Å². The summed E-state index contributed by atoms with van der Waals surface area (Å²) >= 11 is 0. The van der Waals surface area contributed by atoms with Gasteiger partial charge >= 0.3 is 0 Å². The zero-order chi connectivity index (χ0) is 8.97. The Morgan fingerprint density at radius 2 is 2.58 bits per heavy atom. The Hall–Kier alpha value is -1.59. The Labute approximate surface area is 70.5 Å². The molecule has 0 bridgehead atoms. The van der Waals surface area contributed by atoms with Crippen molar-refractivity contribution in [1.82, 2.24) is 20.3 Å². The molecule has 0 aliphatic rings. The monoisotopic (exact) mass is 168 g/mol. The molecule has 0 saturated carbocycles. The van der Waals surface area contributed by atoms with Crippen molar-refractivity contribution in [2.24, 2.45) is 17.8 Å². The van der Waals surface area contributed by atoms with E-state index in [0.29, 0.717) is 12.5 Å². The van der Waals surface area contributed by atoms with Crippen molar-refractivity contribution in [3.63, 3.8) is 0 Å². The topological polar surface area (TPSA) is 81.1 Å². The summed E-state index contributed by atoms with van der Waals surface area (Å²) < 4.78 is 0. The van der Waals surface area contributed by atoms with Gasteiger partial charge in [0.25, 0.3) is 0 Å². The van der Waals surface area contributed by atoms with Gasteiger partial charge in [0.05, 0.1) is 12.7 Å². The van der Waals surface area contributed by atoms with Gasteiger partial charge in [0.15, 0.2) is 5.96 Å². The summed E-state index contributed by atoms with van der Waals surface area (Å²) in [5.74, 6) is 0.403. The lowest BCUT2D eigenvalue weighted by atomic mass is 10.5. The van der Waals surface area contributed by atoms with Crippen molar-refractivity contribution >= 4 is 5.96 Å². The molecule has 6 nitrogen and oxygen atoms in total. The number of rotatable bonds is 2. The number of guanidine groups is 1. The number of aryl methyl sites for hydroxylation is 1. The van der Waals surface area contributed by atoms with Crippen LogP contribution >= 0.6 is 0 Å². The molecule has 0 fully saturated rings. The molecule has 0 unspecified atom stereocenters. The van der Waals surface area contributed by atoms with Crippen molar-refractivity contribution in [2.45, 2.75) is 6.54 Å². The number of aromatic nitrogens is 3. The van der Waals surface area contributed by atoms with Gasteiger partial charge in [-0.2, -0.15) is 15.0 Å². The molecular formula is C6H12N6. The quantitative estimate of drug-likeness (QED) is 0.431. The number of nitrogens with one attached hydrogen (secondary N) is 1. The highest BCUT2D eigenvalue weighted by Crippen LogP contribution is 1.87. The third-order valence-electron chi connectivity index (χ3n) is 1.34. The minimum absolute atomic E-state index is 0.403. The van der Waals surface area contributed by atoms with Crippen LogP contribution in [0.1, 0.15) is 5.69 Å². The van der Waals surface area contributed by atoms with E-state index in [9.17, 15) is 0 Å². The van der Waals surface area contributed by atoms with E-state index in [4.69, 9.17) is 5.73 Å². The van der Waals surface area contributed by atoms with Crippen LogP contribution in [0, 0.1) is 0 Å². The molecule has 1 aromatic rings. The lowest BCUT2D eigenvalue weighted by molar-refractivity contribution is 0.641. The first kappa shape index (κ1) is 8.51. The maximum atomic E-state index is 5.41. The number of hydrogen-bond donors (Lipinski definition) is 2. The first-order valence-corrected chi connectivity index (χ1v) is 3.53. The van der Waals surface area contributed by atoms with E-state index in [1.54, 1.807) is 20.3 Å². The zero-order valence-electron chi connectivity index (χ0n) is 7.15. The van der Waals surface area contributed by atoms with Crippen LogP contribution in [0.4, 0.5) is 0 Å². The molecule has 1 heterocycles. The second-order valence-electron chi connectivity index (χ2n) is 2.29. The minimum atomic E-state index is 0.403. The molecule has 0 saturated heterocycles. The third-order valence-corrected chi connectivity index (χ3v) is 1.34. The van der Waals surface area contributed by atoms with Crippen molar-refractivity contribution in [3.05, 3.63) is 11.9 Å². The van der Waals surface area contributed by atoms with Gasteiger partial charge in [-0.15, -0.1) is 0 Å². The lowest BCUT2D eigenvalue weighted by Crippen LogP contribution is -2.30. The van der Waals surface area contributed by atoms with Crippen LogP contribution in [0.15, 0.2) is 11.2 Å². The molecule has 0 atom stereocenters. The number of hydrogen-bond acceptors (Lipinski definition) is 3. The van der Waals surface area contributed by atoms with Gasteiger partial charge in [-0.25, -0.2) is 0 Å². The van der Waals surface area contributed by atoms with E-state index >= 15 is 0 Å². The largest absolute Gasteiger partial charge is 0.370 e. The summed E-state index contributed by atoms with van der Waals surface area (Å²) in [7, 11) is 3.39. The Morgan fingerprint density at radius 3 is 3.08 bits per heavy atom. The highest BCUT2D eigenvalue weighted by molar-refractivity contribution is 5.77. The summed E-state index contributed by atoms with van der Waals surface area (Å²) in [6.45, 7) is 0.553. The average molecular weight is 168 g/mol. The van der Waals surface area contributed by atoms with Gasteiger partial charge < -0.3 is 11.1 Å². The van der Waals surface area contributed by atoms with Crippen molar-refractivity contribution < 1.29 is 0 Å². The zero-order valence-corrected chi connectivity index (χ0v) is 7.15. The third kappa shape index (κ3) is 2.22. The second-order valence-corrected chi connectivity index (χ2v) is 2.29. The highest BCUT2D eigenvalue weighted by atomic mass is 15.4. The summed E-state index contributed by atoms with van der Waals surface area (Å²) in [6.07, 6.45) is 1.68. The number of nitrogens with zero attached hydrogens (tertiary/aromatic N) is 4. The predicted octanol–water partition coefficient (Wildman–Crippen LogP) is -1.15. The summed E-state index contributed by atoms with van der Waals surface area (Å²) in [4.78, 5) is 5.23. The molecule has 0 radical (unpaired) electrons. The molecule has 12 heavy (non-hydrogen) atoms. The van der Waals surface area contributed by atoms with Gasteiger partial charge in [-0.1, -0.05) is 0 Å². The molecule has 0 aromatic carbocycles. The Bertz CT molecular complexity index is 275. The Kier molecular flexibility index (Phi) is 2.62. The maximum Gasteiger partial charge on any atom is 0.188 e. The molecule has 66 valence electrons. The van der Waals surface area contributed by atoms with Crippen LogP contribution in [0.2, 0.25) is 0 Å². The van der Waals surface area contributed by atoms with Crippen LogP contribution in [0.3, 0.4) is 0 Å². The van der Waals surface area contributed by atoms with Gasteiger partial charge in [0.2, 0.25) is 0 Å². The molecule has 0 spiro atoms. The second kappa shape index (κ2) is 3.70. The first-order valence-electron chi connectivity index (χ1n) is 3.53. The molecule has 0 aliphatic carbocycles. The first-order chi connectivity index (χ1) is 5.72. The fourth-order valence-electron chi connectivity index (χ4n) is 0.729. The summed E-state index contributed by atoms with van der Waals surface area (Å²) in [5.41, 5.74) is 6.25. The summed E-state index contributed by atoms with van der Waals surface area (Å²) in [6, 6.07) is 0. The molecule has 0 amide bonds. The van der Waals surface area contributed by atoms with Gasteiger partial charge in [-0.05, 0) is 0 Å². The lowest BCUT2D eigenvalue weighted by Gasteiger charge is -1.99. The minimum Gasteiger partial charge on any atom is -0.370 e. The normalized spacial score (nSPS) is 11.7. The van der Waals surface area contributed by atoms with Crippen LogP contribution in [-0.2, 0) is 13.6 Å². The SMILES string of the molecule is CN=C(N)NCc1cnn(C)n1. The number of nitrogens with two attached hydrogens (primary N) is 1. The fourth-order valence-corrected chi connectivity index (χ4v) is 0.729. The predicted molar refractivity (Wildman–Crippen MR) is 45.4 cm³/mol. The van der Waals surface area contributed by atoms with Gasteiger partial charge in [0, 0.05) is 14.1 Å². The highest BCUT2D eigenvalue weighted by Gasteiger charge is 1.96. The van der Waals surface area contributed by atoms with Gasteiger partial charge in [0.1, 0.15) is 5.69 Å². The van der Waals surface area contributed by atoms with Crippen molar-refractivity contribution in [1.29, 1.82) is 0 Å². The van der Waals surface area contributed by atoms with Crippen molar-refractivity contribution in [3.8, 4) is 0 Å². The van der Waals surface area contributed by atoms with E-state index in [1.165, 1.54) is 4.80 Å². The van der Waals surface area contributed by atoms with E-state index < -0.39 is 0 Å². The van der Waals surface area contributed by atoms with Gasteiger partial charge in [-0.3, -0.25) is 4.99 Å². The fraction of sp³-hybridized carbons (Fsp3) is 0.500. The average Bonchev–Trinajstić information content (AvgIpc) is 2.47. The standard InChI is InChI=1S/C6H12N6/c1-8-6(7)9-3-5-4-10-12(2)11-5/h4H,3H2,1-2H3,(H3,7,8,9). The molecule has 0 aliphatic heterocycles. The Morgan fingerprint density at radius 1 is 1.83 bits per heavy atom. The number of aliphatic imine (C=N–C) groups is 1. The molecule has 1 rings (SSSR count). The smallest absolute Gasteiger partial charge is 0.188 e. The van der Waals surface area contributed by atoms with Crippen LogP contribution < -0.4 is 11.1 Å². The van der Waals surface area contributed by atoms with E-state index in [2.05, 4.69) is 20.5 Å². The molecule has 1 aromatic heterocycles. The van der Waals surface area contributed by atoms with Crippen LogP contribution in [-0.4, -0.2) is 28.0 Å². The molecule has 3 N–H and O–H groups in total. The molecule has 6 heteroatoms. The van der Waals surface area contributed by atoms with E-state index in [0.717, 1.165) is 5.69 Å². The van der Waals surface area contributed by atoms with E-state index in [1.807, 2.05) is 0 Å². The maximum absolute atomic E-state index is 5.41. The van der Waals surface area contributed by atoms with E-state index in [-0.39, 0.29) is 0 Å². The van der Waals surface area contributed by atoms with Crippen LogP contribution in [0.5, 0.6) is 0 Å². The molecular weight excluding hydrogens is 156 g/mol. The Balaban J connectivity index is 2.43.